The summed E-state index contributed by atoms with van der Waals surface area (Å²) in [5.41, 5.74) is -0.680. The molecule has 1 amide bonds. The van der Waals surface area contributed by atoms with E-state index in [0.717, 1.165) is 18.7 Å². The van der Waals surface area contributed by atoms with Crippen molar-refractivity contribution in [2.45, 2.75) is 44.9 Å². The van der Waals surface area contributed by atoms with Gasteiger partial charge in [0.2, 0.25) is 5.91 Å². The summed E-state index contributed by atoms with van der Waals surface area (Å²) in [6.07, 6.45) is 2.83. The fourth-order valence-electron chi connectivity index (χ4n) is 2.98. The fraction of sp³-hybridized carbons (Fsp3) is 0.533. The molecule has 10 nitrogen and oxygen atoms in total. The van der Waals surface area contributed by atoms with Crippen molar-refractivity contribution in [2.75, 3.05) is 0 Å². The molecule has 0 aromatic carbocycles. The first-order chi connectivity index (χ1) is 11.9. The van der Waals surface area contributed by atoms with Gasteiger partial charge in [0.25, 0.3) is 5.56 Å². The molecule has 0 aliphatic heterocycles. The molecule has 2 heterocycles. The minimum atomic E-state index is -0.604. The molecule has 1 saturated carbocycles. The van der Waals surface area contributed by atoms with Gasteiger partial charge in [0.1, 0.15) is 19.0 Å². The molecule has 1 aliphatic carbocycles. The smallest absolute Gasteiger partial charge is 0.328 e. The maximum atomic E-state index is 12.1. The third kappa shape index (κ3) is 3.38. The summed E-state index contributed by atoms with van der Waals surface area (Å²) < 4.78 is 2.95. The molecule has 0 bridgehead atoms. The van der Waals surface area contributed by atoms with E-state index in [-0.39, 0.29) is 31.0 Å². The van der Waals surface area contributed by atoms with E-state index in [2.05, 4.69) is 20.5 Å². The predicted octanol–water partition coefficient (Wildman–Crippen LogP) is -1.47. The van der Waals surface area contributed by atoms with E-state index in [1.165, 1.54) is 10.8 Å². The molecule has 134 valence electrons. The van der Waals surface area contributed by atoms with Crippen LogP contribution in [0.15, 0.2) is 15.8 Å². The molecular weight excluding hydrogens is 328 g/mol. The zero-order valence-corrected chi connectivity index (χ0v) is 14.0. The second-order valence-electron chi connectivity index (χ2n) is 6.32. The van der Waals surface area contributed by atoms with Gasteiger partial charge in [-0.15, -0.1) is 10.2 Å². The average molecular weight is 348 g/mol. The Kier molecular flexibility index (Phi) is 4.53. The van der Waals surface area contributed by atoms with Crippen molar-refractivity contribution in [3.8, 4) is 0 Å². The van der Waals surface area contributed by atoms with E-state index < -0.39 is 11.2 Å². The molecule has 0 unspecified atom stereocenters. The normalized spacial score (nSPS) is 19.5. The fourth-order valence-corrected chi connectivity index (χ4v) is 2.98. The van der Waals surface area contributed by atoms with Crippen molar-refractivity contribution in [2.24, 2.45) is 7.05 Å². The van der Waals surface area contributed by atoms with E-state index in [1.807, 2.05) is 0 Å². The maximum Gasteiger partial charge on any atom is 0.328 e. The standard InChI is InChI=1S/C15H20N6O4/c1-8-5-21(15(25)17-14(8)24)6-12(23)16-10-3-9(4-10)13-19-18-11(7-22)20(13)2/h5,9-10,22H,3-4,6-7H2,1-2H3,(H,16,23)(H,17,24,25). The lowest BCUT2D eigenvalue weighted by molar-refractivity contribution is -0.123. The van der Waals surface area contributed by atoms with Crippen LogP contribution in [0.25, 0.3) is 0 Å². The third-order valence-corrected chi connectivity index (χ3v) is 4.51. The van der Waals surface area contributed by atoms with Gasteiger partial charge in [-0.3, -0.25) is 19.1 Å². The number of nitrogens with zero attached hydrogens (tertiary/aromatic N) is 4. The van der Waals surface area contributed by atoms with Crippen molar-refractivity contribution < 1.29 is 9.90 Å². The van der Waals surface area contributed by atoms with E-state index in [0.29, 0.717) is 11.4 Å². The Morgan fingerprint density at radius 1 is 1.40 bits per heavy atom. The Morgan fingerprint density at radius 2 is 2.12 bits per heavy atom. The molecular formula is C15H20N6O4. The number of aromatic nitrogens is 5. The van der Waals surface area contributed by atoms with Crippen LogP contribution < -0.4 is 16.6 Å². The lowest BCUT2D eigenvalue weighted by Gasteiger charge is -2.35. The van der Waals surface area contributed by atoms with Crippen molar-refractivity contribution in [3.05, 3.63) is 44.2 Å². The zero-order valence-electron chi connectivity index (χ0n) is 14.0. The van der Waals surface area contributed by atoms with Crippen molar-refractivity contribution >= 4 is 5.91 Å². The van der Waals surface area contributed by atoms with Crippen LogP contribution in [-0.4, -0.2) is 41.4 Å². The number of hydrogen-bond donors (Lipinski definition) is 3. The van der Waals surface area contributed by atoms with Crippen LogP contribution in [0, 0.1) is 6.92 Å². The number of aliphatic hydroxyl groups excluding tert-OH is 1. The molecule has 10 heteroatoms. The number of aromatic amines is 1. The molecule has 25 heavy (non-hydrogen) atoms. The number of H-pyrrole nitrogens is 1. The molecule has 3 N–H and O–H groups in total. The van der Waals surface area contributed by atoms with Gasteiger partial charge in [-0.1, -0.05) is 0 Å². The quantitative estimate of drug-likeness (QED) is 0.604. The van der Waals surface area contributed by atoms with Crippen LogP contribution in [-0.2, 0) is 25.0 Å². The zero-order chi connectivity index (χ0) is 18.1. The molecule has 0 saturated heterocycles. The van der Waals surface area contributed by atoms with Gasteiger partial charge in [-0.05, 0) is 19.8 Å². The van der Waals surface area contributed by atoms with Gasteiger partial charge in [-0.25, -0.2) is 4.79 Å². The predicted molar refractivity (Wildman–Crippen MR) is 86.9 cm³/mol. The second-order valence-corrected chi connectivity index (χ2v) is 6.32. The van der Waals surface area contributed by atoms with Crippen LogP contribution >= 0.6 is 0 Å². The highest BCUT2D eigenvalue weighted by Crippen LogP contribution is 2.35. The first-order valence-corrected chi connectivity index (χ1v) is 7.97. The topological polar surface area (TPSA) is 135 Å². The number of aryl methyl sites for hydroxylation is 1. The highest BCUT2D eigenvalue weighted by molar-refractivity contribution is 5.76. The Bertz CT molecular complexity index is 905. The molecule has 1 fully saturated rings. The summed E-state index contributed by atoms with van der Waals surface area (Å²) in [5, 5.41) is 20.0. The number of carbonyl (C=O) groups is 1. The summed E-state index contributed by atoms with van der Waals surface area (Å²) >= 11 is 0. The Labute approximate surface area is 142 Å². The number of rotatable bonds is 5. The van der Waals surface area contributed by atoms with Crippen LogP contribution in [0.5, 0.6) is 0 Å². The Balaban J connectivity index is 1.56. The van der Waals surface area contributed by atoms with Gasteiger partial charge < -0.3 is 15.0 Å². The summed E-state index contributed by atoms with van der Waals surface area (Å²) in [7, 11) is 1.80. The highest BCUT2D eigenvalue weighted by Gasteiger charge is 2.34. The summed E-state index contributed by atoms with van der Waals surface area (Å²) in [5.74, 6) is 1.20. The number of nitrogens with one attached hydrogen (secondary N) is 2. The van der Waals surface area contributed by atoms with Crippen molar-refractivity contribution in [3.63, 3.8) is 0 Å². The SMILES string of the molecule is Cc1cn(CC(=O)NC2CC(c3nnc(CO)n3C)C2)c(=O)[nH]c1=O. The summed E-state index contributed by atoms with van der Waals surface area (Å²) in [4.78, 5) is 37.3. The highest BCUT2D eigenvalue weighted by atomic mass is 16.3. The lowest BCUT2D eigenvalue weighted by Crippen LogP contribution is -2.46. The Hall–Kier alpha value is -2.75. The molecule has 0 atom stereocenters. The second kappa shape index (κ2) is 6.63. The number of aliphatic hydroxyl groups is 1. The first-order valence-electron chi connectivity index (χ1n) is 7.97. The maximum absolute atomic E-state index is 12.1. The first kappa shape index (κ1) is 17.1. The van der Waals surface area contributed by atoms with Gasteiger partial charge in [-0.2, -0.15) is 0 Å². The van der Waals surface area contributed by atoms with Gasteiger partial charge in [0.15, 0.2) is 5.82 Å². The van der Waals surface area contributed by atoms with Gasteiger partial charge in [0.05, 0.1) is 0 Å². The Morgan fingerprint density at radius 3 is 2.76 bits per heavy atom. The van der Waals surface area contributed by atoms with Crippen LogP contribution in [0.2, 0.25) is 0 Å². The van der Waals surface area contributed by atoms with Crippen molar-refractivity contribution in [1.82, 2.24) is 29.6 Å². The minimum absolute atomic E-state index is 0.00587. The summed E-state index contributed by atoms with van der Waals surface area (Å²) in [6.45, 7) is 1.27. The van der Waals surface area contributed by atoms with Crippen LogP contribution in [0.3, 0.4) is 0 Å². The molecule has 3 rings (SSSR count). The largest absolute Gasteiger partial charge is 0.388 e. The van der Waals surface area contributed by atoms with Gasteiger partial charge >= 0.3 is 5.69 Å². The average Bonchev–Trinajstić information content (AvgIpc) is 2.88. The van der Waals surface area contributed by atoms with E-state index in [9.17, 15) is 14.4 Å². The van der Waals surface area contributed by atoms with E-state index >= 15 is 0 Å². The number of hydrogen-bond acceptors (Lipinski definition) is 6. The number of amides is 1. The van der Waals surface area contributed by atoms with Crippen LogP contribution in [0.4, 0.5) is 0 Å². The van der Waals surface area contributed by atoms with Gasteiger partial charge in [0, 0.05) is 30.8 Å². The van der Waals surface area contributed by atoms with E-state index in [4.69, 9.17) is 5.11 Å². The number of carbonyl (C=O) groups excluding carboxylic acids is 1. The third-order valence-electron chi connectivity index (χ3n) is 4.51. The molecule has 2 aromatic rings. The van der Waals surface area contributed by atoms with Crippen molar-refractivity contribution in [1.29, 1.82) is 0 Å². The minimum Gasteiger partial charge on any atom is -0.388 e. The van der Waals surface area contributed by atoms with E-state index in [1.54, 1.807) is 18.5 Å². The molecule has 0 spiro atoms. The molecule has 2 aromatic heterocycles. The lowest BCUT2D eigenvalue weighted by atomic mass is 9.79. The monoisotopic (exact) mass is 348 g/mol. The van der Waals surface area contributed by atoms with Crippen LogP contribution in [0.1, 0.15) is 36.0 Å². The molecule has 0 radical (unpaired) electrons. The molecule has 1 aliphatic rings. The summed E-state index contributed by atoms with van der Waals surface area (Å²) in [6, 6.07) is 0.00587.